The van der Waals surface area contributed by atoms with E-state index in [2.05, 4.69) is 44.2 Å². The zero-order valence-electron chi connectivity index (χ0n) is 11.1. The first-order valence-electron chi connectivity index (χ1n) is 7.16. The van der Waals surface area contributed by atoms with Gasteiger partial charge in [-0.25, -0.2) is 0 Å². The van der Waals surface area contributed by atoms with Gasteiger partial charge in [-0.15, -0.1) is 0 Å². The van der Waals surface area contributed by atoms with Crippen LogP contribution in [0, 0.1) is 22.7 Å². The van der Waals surface area contributed by atoms with Gasteiger partial charge in [-0.3, -0.25) is 0 Å². The molecule has 0 unspecified atom stereocenters. The number of hydrogen-bond donors (Lipinski definition) is 0. The lowest BCUT2D eigenvalue weighted by molar-refractivity contribution is -0.121. The van der Waals surface area contributed by atoms with Gasteiger partial charge in [0.05, 0.1) is 0 Å². The summed E-state index contributed by atoms with van der Waals surface area (Å²) in [5.74, 6) is 1.41. The molecule has 0 aliphatic heterocycles. The molecule has 4 atom stereocenters. The third-order valence-corrected chi connectivity index (χ3v) is 6.68. The fourth-order valence-electron chi connectivity index (χ4n) is 6.27. The quantitative estimate of drug-likeness (QED) is 0.722. The van der Waals surface area contributed by atoms with Crippen LogP contribution in [0.15, 0.2) is 30.3 Å². The van der Waals surface area contributed by atoms with Gasteiger partial charge >= 0.3 is 0 Å². The van der Waals surface area contributed by atoms with E-state index in [1.807, 2.05) is 0 Å². The summed E-state index contributed by atoms with van der Waals surface area (Å²) in [6, 6.07) is 10.8. The van der Waals surface area contributed by atoms with E-state index in [9.17, 15) is 4.79 Å². The van der Waals surface area contributed by atoms with Crippen LogP contribution in [-0.4, -0.2) is 6.29 Å². The van der Waals surface area contributed by atoms with Crippen LogP contribution in [0.2, 0.25) is 0 Å². The van der Waals surface area contributed by atoms with Gasteiger partial charge in [0, 0.05) is 10.8 Å². The lowest BCUT2D eigenvalue weighted by atomic mass is 9.56. The number of carbonyl (C=O) groups is 1. The monoisotopic (exact) mass is 240 g/mol. The Kier molecular flexibility index (Phi) is 1.73. The van der Waals surface area contributed by atoms with Crippen molar-refractivity contribution in [2.45, 2.75) is 38.5 Å². The van der Waals surface area contributed by atoms with E-state index in [4.69, 9.17) is 0 Å². The molecule has 0 heterocycles. The molecule has 0 aromatic heterocycles. The van der Waals surface area contributed by atoms with E-state index in [1.54, 1.807) is 0 Å². The van der Waals surface area contributed by atoms with E-state index in [-0.39, 0.29) is 16.2 Å². The second-order valence-corrected chi connectivity index (χ2v) is 6.93. The van der Waals surface area contributed by atoms with Crippen LogP contribution in [0.1, 0.15) is 38.7 Å². The average molecular weight is 240 g/mol. The highest BCUT2D eigenvalue weighted by Crippen LogP contribution is 2.94. The maximum absolute atomic E-state index is 11.9. The second-order valence-electron chi connectivity index (χ2n) is 6.93. The third kappa shape index (κ3) is 0.726. The van der Waals surface area contributed by atoms with Crippen LogP contribution in [0.25, 0.3) is 0 Å². The lowest BCUT2D eigenvalue weighted by Gasteiger charge is -2.45. The highest BCUT2D eigenvalue weighted by atomic mass is 16.1. The second kappa shape index (κ2) is 2.89. The fourth-order valence-corrected chi connectivity index (χ4v) is 6.27. The third-order valence-electron chi connectivity index (χ3n) is 6.68. The molecule has 0 spiro atoms. The molecule has 0 saturated heterocycles. The molecule has 18 heavy (non-hydrogen) atoms. The van der Waals surface area contributed by atoms with Gasteiger partial charge in [-0.05, 0) is 35.7 Å². The number of fused-ring (bicyclic) bond motifs is 4. The summed E-state index contributed by atoms with van der Waals surface area (Å²) in [5, 5.41) is 0. The Balaban J connectivity index is 1.92. The van der Waals surface area contributed by atoms with E-state index in [1.165, 1.54) is 31.1 Å². The largest absolute Gasteiger partial charge is 0.303 e. The lowest BCUT2D eigenvalue weighted by Crippen LogP contribution is -2.47. The van der Waals surface area contributed by atoms with E-state index >= 15 is 0 Å². The topological polar surface area (TPSA) is 17.1 Å². The van der Waals surface area contributed by atoms with Gasteiger partial charge < -0.3 is 4.79 Å². The Morgan fingerprint density at radius 2 is 1.78 bits per heavy atom. The van der Waals surface area contributed by atoms with Gasteiger partial charge in [0.25, 0.3) is 0 Å². The predicted octanol–water partition coefficient (Wildman–Crippen LogP) is 3.58. The van der Waals surface area contributed by atoms with Crippen LogP contribution in [0.4, 0.5) is 0 Å². The molecule has 3 fully saturated rings. The fraction of sp³-hybridized carbons (Fsp3) is 0.588. The molecule has 1 aromatic rings. The first-order chi connectivity index (χ1) is 8.64. The number of benzene rings is 1. The zero-order valence-corrected chi connectivity index (χ0v) is 11.1. The highest BCUT2D eigenvalue weighted by molar-refractivity contribution is 5.80. The molecule has 1 aromatic carbocycles. The molecular weight excluding hydrogens is 220 g/mol. The molecule has 0 N–H and O–H groups in total. The summed E-state index contributed by atoms with van der Waals surface area (Å²) in [6.07, 6.45) is 5.21. The number of aldehydes is 1. The zero-order chi connectivity index (χ0) is 12.6. The summed E-state index contributed by atoms with van der Waals surface area (Å²) >= 11 is 0. The van der Waals surface area contributed by atoms with Crippen molar-refractivity contribution in [2.24, 2.45) is 22.7 Å². The van der Waals surface area contributed by atoms with Crippen LogP contribution in [0.3, 0.4) is 0 Å². The number of carbonyl (C=O) groups excluding carboxylic acids is 1. The molecule has 3 aliphatic carbocycles. The molecule has 94 valence electrons. The van der Waals surface area contributed by atoms with Crippen LogP contribution < -0.4 is 0 Å². The van der Waals surface area contributed by atoms with Crippen molar-refractivity contribution in [3.8, 4) is 0 Å². The minimum Gasteiger partial charge on any atom is -0.303 e. The molecule has 0 bridgehead atoms. The molecule has 3 saturated carbocycles. The standard InChI is InChI=1S/C17H20O/c1-15(2)16(11-18)13-9-6-10-14(13)17(15,16)12-7-4-3-5-8-12/h3-5,7-8,11,13-14H,6,9-10H2,1-2H3/t13-,14+,16-,17+/m1/s1. The Hall–Kier alpha value is -1.11. The van der Waals surface area contributed by atoms with Gasteiger partial charge in [0.2, 0.25) is 0 Å². The van der Waals surface area contributed by atoms with Crippen molar-refractivity contribution in [3.63, 3.8) is 0 Å². The van der Waals surface area contributed by atoms with Crippen LogP contribution in [0.5, 0.6) is 0 Å². The van der Waals surface area contributed by atoms with Gasteiger partial charge in [0.1, 0.15) is 6.29 Å². The molecular formula is C17H20O. The Bertz CT molecular complexity index is 518. The van der Waals surface area contributed by atoms with Crippen molar-refractivity contribution in [3.05, 3.63) is 35.9 Å². The Morgan fingerprint density at radius 3 is 2.44 bits per heavy atom. The minimum absolute atomic E-state index is 0.0531. The minimum atomic E-state index is -0.0531. The van der Waals surface area contributed by atoms with Crippen molar-refractivity contribution < 1.29 is 4.79 Å². The van der Waals surface area contributed by atoms with Gasteiger partial charge in [-0.1, -0.05) is 50.6 Å². The van der Waals surface area contributed by atoms with Gasteiger partial charge in [0.15, 0.2) is 0 Å². The normalized spacial score (nSPS) is 46.8. The summed E-state index contributed by atoms with van der Waals surface area (Å²) in [4.78, 5) is 11.9. The molecule has 1 nitrogen and oxygen atoms in total. The predicted molar refractivity (Wildman–Crippen MR) is 71.2 cm³/mol. The SMILES string of the molecule is CC1(C)[C@]2(c3ccccc3)[C@H]3CCC[C@H]3[C@]12C=O. The van der Waals surface area contributed by atoms with E-state index in [0.717, 1.165) is 5.92 Å². The maximum atomic E-state index is 11.9. The highest BCUT2D eigenvalue weighted by Gasteiger charge is 2.95. The average Bonchev–Trinajstić information content (AvgIpc) is 2.66. The molecule has 0 amide bonds. The number of hydrogen-bond acceptors (Lipinski definition) is 1. The summed E-state index contributed by atoms with van der Waals surface area (Å²) in [7, 11) is 0. The Morgan fingerprint density at radius 1 is 1.11 bits per heavy atom. The molecule has 3 aliphatic rings. The summed E-state index contributed by atoms with van der Waals surface area (Å²) in [6.45, 7) is 4.62. The van der Waals surface area contributed by atoms with E-state index in [0.29, 0.717) is 5.92 Å². The van der Waals surface area contributed by atoms with Crippen LogP contribution in [-0.2, 0) is 10.2 Å². The van der Waals surface area contributed by atoms with E-state index < -0.39 is 0 Å². The molecule has 1 heteroatoms. The molecule has 4 rings (SSSR count). The summed E-state index contributed by atoms with van der Waals surface area (Å²) in [5.41, 5.74) is 1.66. The van der Waals surface area contributed by atoms with Gasteiger partial charge in [-0.2, -0.15) is 0 Å². The summed E-state index contributed by atoms with van der Waals surface area (Å²) < 4.78 is 0. The van der Waals surface area contributed by atoms with Crippen molar-refractivity contribution in [1.29, 1.82) is 0 Å². The Labute approximate surface area is 109 Å². The maximum Gasteiger partial charge on any atom is 0.127 e. The molecule has 0 radical (unpaired) electrons. The van der Waals surface area contributed by atoms with Crippen molar-refractivity contribution >= 4 is 6.29 Å². The van der Waals surface area contributed by atoms with Crippen LogP contribution >= 0.6 is 0 Å². The van der Waals surface area contributed by atoms with Crippen molar-refractivity contribution in [2.75, 3.05) is 0 Å². The van der Waals surface area contributed by atoms with Crippen molar-refractivity contribution in [1.82, 2.24) is 0 Å². The first-order valence-corrected chi connectivity index (χ1v) is 7.16. The first kappa shape index (κ1) is 10.8. The smallest absolute Gasteiger partial charge is 0.127 e. The number of rotatable bonds is 2.